The van der Waals surface area contributed by atoms with E-state index >= 15 is 0 Å². The van der Waals surface area contributed by atoms with Gasteiger partial charge in [0.15, 0.2) is 0 Å². The summed E-state index contributed by atoms with van der Waals surface area (Å²) in [6.45, 7) is 1.86. The normalized spacial score (nSPS) is 20.0. The van der Waals surface area contributed by atoms with E-state index in [1.165, 1.54) is 6.07 Å². The summed E-state index contributed by atoms with van der Waals surface area (Å²) >= 11 is 0. The molecule has 1 amide bonds. The number of carbonyl (C=O) groups excluding carboxylic acids is 1. The summed E-state index contributed by atoms with van der Waals surface area (Å²) in [5, 5.41) is 13.0. The molecule has 38 heavy (non-hydrogen) atoms. The van der Waals surface area contributed by atoms with Crippen molar-refractivity contribution in [2.75, 3.05) is 13.1 Å². The lowest BCUT2D eigenvalue weighted by Crippen LogP contribution is -2.43. The number of aromatic nitrogens is 1. The van der Waals surface area contributed by atoms with Gasteiger partial charge in [-0.25, -0.2) is 0 Å². The van der Waals surface area contributed by atoms with Crippen LogP contribution in [-0.4, -0.2) is 28.5 Å². The number of likely N-dealkylation sites (tertiary alicyclic amines) is 1. The Morgan fingerprint density at radius 3 is 2.61 bits per heavy atom. The Morgan fingerprint density at radius 2 is 1.89 bits per heavy atom. The van der Waals surface area contributed by atoms with Gasteiger partial charge in [0, 0.05) is 32.7 Å². The van der Waals surface area contributed by atoms with Gasteiger partial charge in [-0.2, -0.15) is 18.4 Å². The molecule has 1 aromatic heterocycles. The van der Waals surface area contributed by atoms with Crippen molar-refractivity contribution in [1.82, 2.24) is 14.8 Å². The van der Waals surface area contributed by atoms with Crippen LogP contribution in [0.15, 0.2) is 53.3 Å². The summed E-state index contributed by atoms with van der Waals surface area (Å²) in [5.74, 6) is 0.346. The second kappa shape index (κ2) is 9.91. The number of benzene rings is 2. The Hall–Kier alpha value is -3.64. The molecule has 198 valence electrons. The van der Waals surface area contributed by atoms with E-state index in [2.05, 4.69) is 10.2 Å². The van der Waals surface area contributed by atoms with Crippen molar-refractivity contribution >= 4 is 16.8 Å². The Balaban J connectivity index is 1.31. The fourth-order valence-corrected chi connectivity index (χ4v) is 5.57. The first-order valence-corrected chi connectivity index (χ1v) is 12.8. The predicted octanol–water partition coefficient (Wildman–Crippen LogP) is 4.74. The maximum absolute atomic E-state index is 13.5. The SMILES string of the molecule is Cn1c(=O)ccc2ccc(CN3CCC(CC4CC4)(C(=O)NCc4cc(C#N)cc(C(F)(F)F)c4)C3)cc21. The number of fused-ring (bicyclic) bond motifs is 1. The lowest BCUT2D eigenvalue weighted by molar-refractivity contribution is -0.137. The molecular weight excluding hydrogens is 493 g/mol. The number of amides is 1. The number of pyridine rings is 1. The number of halogens is 3. The van der Waals surface area contributed by atoms with E-state index in [-0.39, 0.29) is 29.1 Å². The molecule has 1 N–H and O–H groups in total. The van der Waals surface area contributed by atoms with Gasteiger partial charge in [-0.15, -0.1) is 0 Å². The first-order valence-electron chi connectivity index (χ1n) is 12.8. The van der Waals surface area contributed by atoms with Crippen molar-refractivity contribution in [3.05, 3.63) is 81.1 Å². The van der Waals surface area contributed by atoms with Crippen LogP contribution in [0.2, 0.25) is 0 Å². The highest BCUT2D eigenvalue weighted by molar-refractivity contribution is 5.83. The van der Waals surface area contributed by atoms with Crippen LogP contribution in [0.3, 0.4) is 0 Å². The molecule has 1 saturated carbocycles. The summed E-state index contributed by atoms with van der Waals surface area (Å²) in [5.41, 5.74) is 0.500. The molecule has 2 fully saturated rings. The highest BCUT2D eigenvalue weighted by Crippen LogP contribution is 2.45. The smallest absolute Gasteiger partial charge is 0.352 e. The van der Waals surface area contributed by atoms with Gasteiger partial charge in [0.2, 0.25) is 5.91 Å². The van der Waals surface area contributed by atoms with E-state index in [1.54, 1.807) is 23.8 Å². The van der Waals surface area contributed by atoms with Crippen LogP contribution in [-0.2, 0) is 31.1 Å². The molecule has 1 aliphatic heterocycles. The maximum Gasteiger partial charge on any atom is 0.416 e. The van der Waals surface area contributed by atoms with Crippen LogP contribution in [0.25, 0.3) is 10.9 Å². The monoisotopic (exact) mass is 522 g/mol. The van der Waals surface area contributed by atoms with Crippen LogP contribution in [0, 0.1) is 22.7 Å². The van der Waals surface area contributed by atoms with E-state index in [9.17, 15) is 22.8 Å². The van der Waals surface area contributed by atoms with Crippen molar-refractivity contribution in [3.63, 3.8) is 0 Å². The number of nitrogens with one attached hydrogen (secondary N) is 1. The summed E-state index contributed by atoms with van der Waals surface area (Å²) in [6.07, 6.45) is -0.958. The third kappa shape index (κ3) is 5.46. The van der Waals surface area contributed by atoms with Gasteiger partial charge in [0.05, 0.1) is 28.1 Å². The predicted molar refractivity (Wildman–Crippen MR) is 137 cm³/mol. The van der Waals surface area contributed by atoms with Crippen LogP contribution in [0.4, 0.5) is 13.2 Å². The summed E-state index contributed by atoms with van der Waals surface area (Å²) in [7, 11) is 1.75. The van der Waals surface area contributed by atoms with Crippen LogP contribution in [0.5, 0.6) is 0 Å². The molecule has 0 radical (unpaired) electrons. The largest absolute Gasteiger partial charge is 0.416 e. The number of nitrogens with zero attached hydrogens (tertiary/aromatic N) is 3. The molecule has 6 nitrogen and oxygen atoms in total. The van der Waals surface area contributed by atoms with Crippen molar-refractivity contribution in [2.45, 2.75) is 44.9 Å². The molecule has 2 heterocycles. The zero-order valence-electron chi connectivity index (χ0n) is 21.1. The summed E-state index contributed by atoms with van der Waals surface area (Å²) in [4.78, 5) is 27.8. The average Bonchev–Trinajstić information content (AvgIpc) is 3.61. The molecule has 5 rings (SSSR count). The zero-order chi connectivity index (χ0) is 27.1. The first kappa shape index (κ1) is 26.0. The number of carbonyl (C=O) groups is 1. The molecule has 1 saturated heterocycles. The third-order valence-corrected chi connectivity index (χ3v) is 7.79. The second-order valence-electron chi connectivity index (χ2n) is 10.7. The minimum atomic E-state index is -4.57. The Morgan fingerprint density at radius 1 is 1.13 bits per heavy atom. The van der Waals surface area contributed by atoms with E-state index < -0.39 is 17.2 Å². The highest BCUT2D eigenvalue weighted by Gasteiger charge is 2.47. The number of aryl methyl sites for hydroxylation is 1. The Bertz CT molecular complexity index is 1490. The number of nitriles is 1. The van der Waals surface area contributed by atoms with Gasteiger partial charge >= 0.3 is 6.18 Å². The number of hydrogen-bond acceptors (Lipinski definition) is 4. The molecule has 3 aromatic rings. The second-order valence-corrected chi connectivity index (χ2v) is 10.7. The molecule has 1 unspecified atom stereocenters. The zero-order valence-corrected chi connectivity index (χ0v) is 21.1. The molecule has 0 bridgehead atoms. The van der Waals surface area contributed by atoms with Crippen LogP contribution < -0.4 is 10.9 Å². The quantitative estimate of drug-likeness (QED) is 0.487. The summed E-state index contributed by atoms with van der Waals surface area (Å²) in [6, 6.07) is 14.4. The van der Waals surface area contributed by atoms with Crippen LogP contribution >= 0.6 is 0 Å². The lowest BCUT2D eigenvalue weighted by Gasteiger charge is -2.29. The Kier molecular flexibility index (Phi) is 6.78. The van der Waals surface area contributed by atoms with E-state index in [0.717, 1.165) is 54.4 Å². The maximum atomic E-state index is 13.5. The molecule has 1 aliphatic carbocycles. The highest BCUT2D eigenvalue weighted by atomic mass is 19.4. The number of alkyl halides is 3. The third-order valence-electron chi connectivity index (χ3n) is 7.79. The molecular formula is C29H29F3N4O2. The van der Waals surface area contributed by atoms with Crippen LogP contribution in [0.1, 0.15) is 47.9 Å². The van der Waals surface area contributed by atoms with Gasteiger partial charge in [-0.3, -0.25) is 14.5 Å². The molecule has 2 aromatic carbocycles. The lowest BCUT2D eigenvalue weighted by atomic mass is 9.80. The molecule has 0 spiro atoms. The van der Waals surface area contributed by atoms with Crippen molar-refractivity contribution in [1.29, 1.82) is 5.26 Å². The minimum absolute atomic E-state index is 0.0669. The first-order chi connectivity index (χ1) is 18.1. The van der Waals surface area contributed by atoms with Crippen molar-refractivity contribution in [2.24, 2.45) is 18.4 Å². The van der Waals surface area contributed by atoms with Gasteiger partial charge in [0.25, 0.3) is 5.56 Å². The van der Waals surface area contributed by atoms with Gasteiger partial charge in [-0.05, 0) is 72.1 Å². The fraction of sp³-hybridized carbons (Fsp3) is 0.414. The van der Waals surface area contributed by atoms with E-state index in [4.69, 9.17) is 5.26 Å². The van der Waals surface area contributed by atoms with Crippen molar-refractivity contribution < 1.29 is 18.0 Å². The molecule has 9 heteroatoms. The number of rotatable bonds is 7. The van der Waals surface area contributed by atoms with Gasteiger partial charge in [-0.1, -0.05) is 25.0 Å². The molecule has 2 aliphatic rings. The van der Waals surface area contributed by atoms with Crippen molar-refractivity contribution in [3.8, 4) is 6.07 Å². The van der Waals surface area contributed by atoms with Gasteiger partial charge < -0.3 is 9.88 Å². The average molecular weight is 523 g/mol. The van der Waals surface area contributed by atoms with E-state index in [0.29, 0.717) is 25.4 Å². The van der Waals surface area contributed by atoms with Gasteiger partial charge in [0.1, 0.15) is 0 Å². The minimum Gasteiger partial charge on any atom is -0.352 e. The topological polar surface area (TPSA) is 78.1 Å². The Labute approximate surface area is 218 Å². The molecule has 1 atom stereocenters. The van der Waals surface area contributed by atoms with E-state index in [1.807, 2.05) is 24.3 Å². The summed E-state index contributed by atoms with van der Waals surface area (Å²) < 4.78 is 41.4. The number of hydrogen-bond donors (Lipinski definition) is 1. The fourth-order valence-electron chi connectivity index (χ4n) is 5.57. The standard InChI is InChI=1S/C29H29F3N4O2/c1-35-25-13-20(4-5-23(25)6-7-26(35)37)17-36-9-8-28(18-36,14-19-2-3-19)27(38)34-16-22-10-21(15-33)11-24(12-22)29(30,31)32/h4-7,10-13,19H,2-3,8-9,14,16-18H2,1H3,(H,34,38).